The van der Waals surface area contributed by atoms with E-state index in [2.05, 4.69) is 89.9 Å². The van der Waals surface area contributed by atoms with Gasteiger partial charge < -0.3 is 9.72 Å². The van der Waals surface area contributed by atoms with Gasteiger partial charge in [0.15, 0.2) is 0 Å². The third-order valence-corrected chi connectivity index (χ3v) is 7.66. The van der Waals surface area contributed by atoms with Gasteiger partial charge in [-0.15, -0.1) is 0 Å². The van der Waals surface area contributed by atoms with Crippen molar-refractivity contribution in [1.29, 1.82) is 0 Å². The van der Waals surface area contributed by atoms with E-state index in [0.29, 0.717) is 0 Å². The van der Waals surface area contributed by atoms with Gasteiger partial charge in [0, 0.05) is 33.0 Å². The molecule has 128 valence electrons. The van der Waals surface area contributed by atoms with Gasteiger partial charge in [0.2, 0.25) is 0 Å². The Balaban J connectivity index is 1.68. The van der Waals surface area contributed by atoms with Crippen LogP contribution in [0.15, 0.2) is 91.0 Å². The molecule has 0 amide bonds. The van der Waals surface area contributed by atoms with Crippen LogP contribution in [0.5, 0.6) is 11.5 Å². The zero-order valence-corrected chi connectivity index (χ0v) is 15.4. The topological polar surface area (TPSA) is 25.0 Å². The molecule has 0 bridgehead atoms. The lowest BCUT2D eigenvalue weighted by Gasteiger charge is -2.29. The minimum absolute atomic E-state index is 0.647. The fourth-order valence-electron chi connectivity index (χ4n) is 3.95. The third-order valence-electron chi connectivity index (χ3n) is 5.17. The molecule has 1 unspecified atom stereocenters. The Morgan fingerprint density at radius 2 is 1.37 bits per heavy atom. The van der Waals surface area contributed by atoms with Crippen molar-refractivity contribution in [2.75, 3.05) is 0 Å². The van der Waals surface area contributed by atoms with E-state index in [-0.39, 0.29) is 0 Å². The average molecular weight is 365 g/mol. The van der Waals surface area contributed by atoms with Gasteiger partial charge in [-0.05, 0) is 31.4 Å². The van der Waals surface area contributed by atoms with Crippen molar-refractivity contribution in [3.05, 3.63) is 91.0 Å². The molecule has 3 heteroatoms. The molecule has 5 aromatic rings. The first-order valence-corrected chi connectivity index (χ1v) is 10.4. The van der Waals surface area contributed by atoms with Crippen LogP contribution in [0.3, 0.4) is 0 Å². The largest absolute Gasteiger partial charge is 0.456 e. The lowest BCUT2D eigenvalue weighted by Crippen LogP contribution is -2.26. The number of nitrogens with one attached hydrogen (secondary N) is 1. The first-order chi connectivity index (χ1) is 13.4. The molecule has 1 aliphatic rings. The molecule has 4 aromatic carbocycles. The summed E-state index contributed by atoms with van der Waals surface area (Å²) in [6.45, 7) is 0. The van der Waals surface area contributed by atoms with E-state index in [1.165, 1.54) is 26.7 Å². The number of hydrogen-bond donors (Lipinski definition) is 1. The van der Waals surface area contributed by atoms with Gasteiger partial charge in [-0.1, -0.05) is 66.7 Å². The third kappa shape index (κ3) is 2.24. The first-order valence-electron chi connectivity index (χ1n) is 9.05. The second kappa shape index (κ2) is 5.70. The van der Waals surface area contributed by atoms with Crippen LogP contribution in [0.2, 0.25) is 0 Å². The zero-order valence-electron chi connectivity index (χ0n) is 14.5. The quantitative estimate of drug-likeness (QED) is 0.399. The van der Waals surface area contributed by atoms with Crippen molar-refractivity contribution in [3.8, 4) is 11.5 Å². The van der Waals surface area contributed by atoms with E-state index in [0.717, 1.165) is 22.5 Å². The maximum Gasteiger partial charge on any atom is 0.137 e. The van der Waals surface area contributed by atoms with Gasteiger partial charge in [-0.3, -0.25) is 0 Å². The Morgan fingerprint density at radius 1 is 0.593 bits per heavy atom. The van der Waals surface area contributed by atoms with Gasteiger partial charge >= 0.3 is 0 Å². The second-order valence-corrected chi connectivity index (χ2v) is 8.93. The smallest absolute Gasteiger partial charge is 0.137 e. The molecule has 0 saturated carbocycles. The predicted molar refractivity (Wildman–Crippen MR) is 115 cm³/mol. The molecular weight excluding hydrogens is 349 g/mol. The number of para-hydroxylation sites is 2. The van der Waals surface area contributed by atoms with E-state index in [1.807, 2.05) is 6.07 Å². The minimum Gasteiger partial charge on any atom is -0.456 e. The Hall–Kier alpha value is -3.09. The summed E-state index contributed by atoms with van der Waals surface area (Å²) in [5.41, 5.74) is 2.29. The molecule has 1 N–H and O–H groups in total. The van der Waals surface area contributed by atoms with E-state index < -0.39 is 7.92 Å². The van der Waals surface area contributed by atoms with Gasteiger partial charge in [-0.25, -0.2) is 0 Å². The molecule has 1 aliphatic heterocycles. The van der Waals surface area contributed by atoms with Crippen LogP contribution in [0.4, 0.5) is 0 Å². The van der Waals surface area contributed by atoms with E-state index >= 15 is 0 Å². The van der Waals surface area contributed by atoms with Crippen molar-refractivity contribution < 1.29 is 4.74 Å². The molecule has 6 rings (SSSR count). The summed E-state index contributed by atoms with van der Waals surface area (Å²) in [7, 11) is -0.647. The summed E-state index contributed by atoms with van der Waals surface area (Å²) >= 11 is 0. The Morgan fingerprint density at radius 3 is 2.30 bits per heavy atom. The van der Waals surface area contributed by atoms with Crippen molar-refractivity contribution in [2.24, 2.45) is 0 Å². The Kier molecular flexibility index (Phi) is 3.17. The fourth-order valence-corrected chi connectivity index (χ4v) is 6.41. The molecule has 0 radical (unpaired) electrons. The number of ether oxygens (including phenoxy) is 1. The van der Waals surface area contributed by atoms with Gasteiger partial charge in [0.05, 0.1) is 5.52 Å². The summed E-state index contributed by atoms with van der Waals surface area (Å²) in [6, 6.07) is 32.2. The van der Waals surface area contributed by atoms with Crippen molar-refractivity contribution in [2.45, 2.75) is 0 Å². The van der Waals surface area contributed by atoms with E-state index in [9.17, 15) is 0 Å². The molecule has 1 aromatic heterocycles. The maximum atomic E-state index is 6.33. The molecule has 0 aliphatic carbocycles. The number of H-pyrrole nitrogens is 1. The number of aromatic amines is 1. The molecule has 27 heavy (non-hydrogen) atoms. The summed E-state index contributed by atoms with van der Waals surface area (Å²) in [5.74, 6) is 1.93. The van der Waals surface area contributed by atoms with Gasteiger partial charge in [0.25, 0.3) is 0 Å². The van der Waals surface area contributed by atoms with Gasteiger partial charge in [0.1, 0.15) is 11.5 Å². The van der Waals surface area contributed by atoms with Crippen LogP contribution in [-0.2, 0) is 0 Å². The van der Waals surface area contributed by atoms with Gasteiger partial charge in [-0.2, -0.15) is 0 Å². The monoisotopic (exact) mass is 365 g/mol. The molecule has 1 atom stereocenters. The summed E-state index contributed by atoms with van der Waals surface area (Å²) in [4.78, 5) is 3.53. The number of benzene rings is 4. The van der Waals surface area contributed by atoms with Crippen LogP contribution >= 0.6 is 7.92 Å². The minimum atomic E-state index is -0.647. The number of hydrogen-bond acceptors (Lipinski definition) is 1. The Labute approximate surface area is 158 Å². The fraction of sp³-hybridized carbons (Fsp3) is 0. The van der Waals surface area contributed by atoms with Crippen molar-refractivity contribution >= 4 is 45.6 Å². The highest BCUT2D eigenvalue weighted by molar-refractivity contribution is 7.80. The van der Waals surface area contributed by atoms with E-state index in [1.54, 1.807) is 0 Å². The molecular formula is C24H16NOP. The lowest BCUT2D eigenvalue weighted by atomic mass is 10.1. The number of aromatic nitrogens is 1. The van der Waals surface area contributed by atoms with Crippen LogP contribution in [0.1, 0.15) is 0 Å². The number of rotatable bonds is 1. The molecule has 2 nitrogen and oxygen atoms in total. The summed E-state index contributed by atoms with van der Waals surface area (Å²) in [5, 5.41) is 6.44. The van der Waals surface area contributed by atoms with Crippen LogP contribution in [0.25, 0.3) is 21.8 Å². The molecule has 0 spiro atoms. The highest BCUT2D eigenvalue weighted by Gasteiger charge is 2.29. The summed E-state index contributed by atoms with van der Waals surface area (Å²) in [6.07, 6.45) is 0. The standard InChI is InChI=1S/C24H16NOP/c1-2-8-16(9-3-1)27-23-13-7-6-12-21(23)26-22-15-20-18(14-24(22)27)17-10-4-5-11-19(17)25-20/h1-15,25H. The number of fused-ring (bicyclic) bond motifs is 5. The SMILES string of the molecule is c1ccc(P2c3ccccc3Oc3cc4[nH]c5ccccc5c4cc32)cc1. The van der Waals surface area contributed by atoms with Crippen molar-refractivity contribution in [1.82, 2.24) is 4.98 Å². The normalized spacial score (nSPS) is 15.3. The van der Waals surface area contributed by atoms with E-state index in [4.69, 9.17) is 4.74 Å². The maximum absolute atomic E-state index is 6.33. The molecule has 0 fully saturated rings. The second-order valence-electron chi connectivity index (χ2n) is 6.78. The predicted octanol–water partition coefficient (Wildman–Crippen LogP) is 5.19. The highest BCUT2D eigenvalue weighted by Crippen LogP contribution is 2.46. The summed E-state index contributed by atoms with van der Waals surface area (Å²) < 4.78 is 6.33. The van der Waals surface area contributed by atoms with Crippen LogP contribution < -0.4 is 20.7 Å². The zero-order chi connectivity index (χ0) is 17.8. The Bertz CT molecular complexity index is 1310. The molecule has 2 heterocycles. The van der Waals surface area contributed by atoms with Crippen LogP contribution in [0, 0.1) is 0 Å². The lowest BCUT2D eigenvalue weighted by molar-refractivity contribution is 0.489. The van der Waals surface area contributed by atoms with Crippen molar-refractivity contribution in [3.63, 3.8) is 0 Å². The highest BCUT2D eigenvalue weighted by atomic mass is 31.1. The average Bonchev–Trinajstić information content (AvgIpc) is 3.08. The van der Waals surface area contributed by atoms with Crippen LogP contribution in [-0.4, -0.2) is 4.98 Å². The molecule has 0 saturated heterocycles. The first kappa shape index (κ1) is 15.0.